The van der Waals surface area contributed by atoms with Gasteiger partial charge in [0.15, 0.2) is 22.5 Å². The van der Waals surface area contributed by atoms with E-state index < -0.39 is 0 Å². The third kappa shape index (κ3) is 4.47. The zero-order chi connectivity index (χ0) is 20.1. The number of rotatable bonds is 9. The zero-order valence-corrected chi connectivity index (χ0v) is 17.4. The van der Waals surface area contributed by atoms with E-state index in [-0.39, 0.29) is 11.0 Å². The summed E-state index contributed by atoms with van der Waals surface area (Å²) in [7, 11) is 1.61. The van der Waals surface area contributed by atoms with Crippen LogP contribution in [0.25, 0.3) is 11.6 Å². The van der Waals surface area contributed by atoms with Gasteiger partial charge in [-0.15, -0.1) is 10.2 Å². The number of aromatic nitrogens is 3. The third-order valence-corrected chi connectivity index (χ3v) is 5.64. The normalized spacial score (nSPS) is 12.3. The Balaban J connectivity index is 1.86. The van der Waals surface area contributed by atoms with Gasteiger partial charge >= 0.3 is 0 Å². The summed E-state index contributed by atoms with van der Waals surface area (Å²) in [6.45, 7) is 7.04. The Morgan fingerprint density at radius 3 is 2.54 bits per heavy atom. The maximum absolute atomic E-state index is 13.0. The molecule has 1 atom stereocenters. The van der Waals surface area contributed by atoms with Gasteiger partial charge in [0.2, 0.25) is 0 Å². The second-order valence-electron chi connectivity index (χ2n) is 6.90. The number of carbonyl (C=O) groups is 1. The first-order chi connectivity index (χ1) is 13.5. The van der Waals surface area contributed by atoms with Crippen LogP contribution >= 0.6 is 11.8 Å². The highest BCUT2D eigenvalue weighted by atomic mass is 32.2. The first-order valence-electron chi connectivity index (χ1n) is 9.35. The van der Waals surface area contributed by atoms with Crippen molar-refractivity contribution in [2.75, 3.05) is 7.11 Å². The molecule has 0 aliphatic carbocycles. The molecule has 0 N–H and O–H groups in total. The Morgan fingerprint density at radius 2 is 1.96 bits per heavy atom. The molecule has 2 heterocycles. The average molecular weight is 400 g/mol. The summed E-state index contributed by atoms with van der Waals surface area (Å²) in [6.07, 6.45) is 2.32. The monoisotopic (exact) mass is 399 g/mol. The van der Waals surface area contributed by atoms with Gasteiger partial charge in [0.25, 0.3) is 0 Å². The highest BCUT2D eigenvalue weighted by Gasteiger charge is 2.25. The molecule has 0 aliphatic heterocycles. The number of hydrogen-bond donors (Lipinski definition) is 0. The predicted octanol–water partition coefficient (Wildman–Crippen LogP) is 4.96. The van der Waals surface area contributed by atoms with Crippen molar-refractivity contribution in [3.05, 3.63) is 48.2 Å². The Bertz CT molecular complexity index is 902. The van der Waals surface area contributed by atoms with Crippen LogP contribution < -0.4 is 4.74 Å². The van der Waals surface area contributed by atoms with Crippen molar-refractivity contribution in [3.8, 4) is 17.3 Å². The van der Waals surface area contributed by atoms with Crippen molar-refractivity contribution in [2.24, 2.45) is 5.92 Å². The lowest BCUT2D eigenvalue weighted by Crippen LogP contribution is -2.18. The molecule has 7 heteroatoms. The summed E-state index contributed by atoms with van der Waals surface area (Å²) < 4.78 is 12.7. The molecule has 0 saturated carbocycles. The summed E-state index contributed by atoms with van der Waals surface area (Å²) in [5.41, 5.74) is 0.668. The van der Waals surface area contributed by atoms with Crippen molar-refractivity contribution in [2.45, 2.75) is 44.1 Å². The molecule has 0 spiro atoms. The number of ketones is 1. The van der Waals surface area contributed by atoms with Gasteiger partial charge in [0, 0.05) is 12.1 Å². The minimum atomic E-state index is -0.243. The van der Waals surface area contributed by atoms with Crippen LogP contribution in [0, 0.1) is 5.92 Å². The van der Waals surface area contributed by atoms with Crippen molar-refractivity contribution < 1.29 is 13.9 Å². The molecule has 3 aromatic rings. The fraction of sp³-hybridized carbons (Fsp3) is 0.381. The number of hydrogen-bond acceptors (Lipinski definition) is 6. The number of nitrogens with zero attached hydrogens (tertiary/aromatic N) is 3. The summed E-state index contributed by atoms with van der Waals surface area (Å²) in [4.78, 5) is 13.0. The van der Waals surface area contributed by atoms with Gasteiger partial charge in [-0.1, -0.05) is 32.5 Å². The lowest BCUT2D eigenvalue weighted by atomic mass is 10.1. The van der Waals surface area contributed by atoms with E-state index in [1.54, 1.807) is 37.6 Å². The second-order valence-corrected chi connectivity index (χ2v) is 8.07. The first-order valence-corrected chi connectivity index (χ1v) is 10.2. The molecule has 1 unspecified atom stereocenters. The Morgan fingerprint density at radius 1 is 1.21 bits per heavy atom. The van der Waals surface area contributed by atoms with E-state index in [2.05, 4.69) is 24.0 Å². The van der Waals surface area contributed by atoms with Crippen LogP contribution in [-0.2, 0) is 6.54 Å². The molecule has 148 valence electrons. The number of ether oxygens (including phenoxy) is 1. The molecular weight excluding hydrogens is 374 g/mol. The molecule has 0 saturated heterocycles. The molecule has 0 aliphatic rings. The summed E-state index contributed by atoms with van der Waals surface area (Å²) in [5.74, 6) is 2.58. The quantitative estimate of drug-likeness (QED) is 0.374. The van der Waals surface area contributed by atoms with E-state index >= 15 is 0 Å². The lowest BCUT2D eigenvalue weighted by molar-refractivity contribution is 0.0988. The van der Waals surface area contributed by atoms with E-state index in [0.29, 0.717) is 29.5 Å². The predicted molar refractivity (Wildman–Crippen MR) is 110 cm³/mol. The third-order valence-electron chi connectivity index (χ3n) is 4.29. The molecule has 3 rings (SSSR count). The average Bonchev–Trinajstić information content (AvgIpc) is 3.35. The maximum Gasteiger partial charge on any atom is 0.200 e. The van der Waals surface area contributed by atoms with Crippen LogP contribution in [-0.4, -0.2) is 32.9 Å². The molecule has 6 nitrogen and oxygen atoms in total. The van der Waals surface area contributed by atoms with E-state index in [0.717, 1.165) is 17.5 Å². The van der Waals surface area contributed by atoms with Gasteiger partial charge in [0.1, 0.15) is 5.75 Å². The largest absolute Gasteiger partial charge is 0.497 e. The smallest absolute Gasteiger partial charge is 0.200 e. The molecule has 2 aromatic heterocycles. The maximum atomic E-state index is 13.0. The van der Waals surface area contributed by atoms with Crippen LogP contribution in [0.3, 0.4) is 0 Å². The van der Waals surface area contributed by atoms with Gasteiger partial charge in [-0.3, -0.25) is 9.36 Å². The van der Waals surface area contributed by atoms with Crippen LogP contribution in [0.15, 0.2) is 52.2 Å². The molecule has 1 aromatic carbocycles. The Hall–Kier alpha value is -2.54. The fourth-order valence-electron chi connectivity index (χ4n) is 2.88. The summed E-state index contributed by atoms with van der Waals surface area (Å²) in [5, 5.41) is 9.17. The number of thioether (sulfide) groups is 1. The van der Waals surface area contributed by atoms with Crippen molar-refractivity contribution >= 4 is 17.5 Å². The van der Waals surface area contributed by atoms with Crippen molar-refractivity contribution in [1.29, 1.82) is 0 Å². The number of benzene rings is 1. The van der Waals surface area contributed by atoms with Gasteiger partial charge in [0.05, 0.1) is 18.6 Å². The van der Waals surface area contributed by atoms with Crippen LogP contribution in [0.1, 0.15) is 37.6 Å². The Kier molecular flexibility index (Phi) is 6.57. The number of carbonyl (C=O) groups excluding carboxylic acids is 1. The van der Waals surface area contributed by atoms with Gasteiger partial charge in [-0.2, -0.15) is 0 Å². The minimum absolute atomic E-state index is 0.0776. The standard InChI is InChI=1S/C21H25N3O3S/c1-5-18(19(25)15-8-10-16(26-4)11-9-15)28-21-23-22-20(17-7-6-12-27-17)24(21)13-14(2)3/h6-12,14,18H,5,13H2,1-4H3. The first kappa shape index (κ1) is 20.2. The van der Waals surface area contributed by atoms with Crippen LogP contribution in [0.5, 0.6) is 5.75 Å². The van der Waals surface area contributed by atoms with Crippen LogP contribution in [0.4, 0.5) is 0 Å². The van der Waals surface area contributed by atoms with E-state index in [4.69, 9.17) is 9.15 Å². The highest BCUT2D eigenvalue weighted by Crippen LogP contribution is 2.31. The Labute approximate surface area is 169 Å². The molecule has 0 bridgehead atoms. The highest BCUT2D eigenvalue weighted by molar-refractivity contribution is 8.00. The number of Topliss-reactive ketones (excluding diaryl/α,β-unsaturated/α-hetero) is 1. The van der Waals surface area contributed by atoms with E-state index in [1.807, 2.05) is 23.6 Å². The van der Waals surface area contributed by atoms with Gasteiger partial charge in [-0.05, 0) is 48.7 Å². The summed E-state index contributed by atoms with van der Waals surface area (Å²) >= 11 is 1.46. The van der Waals surface area contributed by atoms with E-state index in [1.165, 1.54) is 11.8 Å². The van der Waals surface area contributed by atoms with Crippen molar-refractivity contribution in [1.82, 2.24) is 14.8 Å². The van der Waals surface area contributed by atoms with E-state index in [9.17, 15) is 4.79 Å². The second kappa shape index (κ2) is 9.10. The molecule has 28 heavy (non-hydrogen) atoms. The molecule has 0 amide bonds. The molecule has 0 fully saturated rings. The summed E-state index contributed by atoms with van der Waals surface area (Å²) in [6, 6.07) is 10.9. The van der Waals surface area contributed by atoms with Gasteiger partial charge in [-0.25, -0.2) is 0 Å². The molecule has 0 radical (unpaired) electrons. The molecular formula is C21H25N3O3S. The SMILES string of the molecule is CCC(Sc1nnc(-c2ccco2)n1CC(C)C)C(=O)c1ccc(OC)cc1. The number of furan rings is 1. The topological polar surface area (TPSA) is 70.2 Å². The van der Waals surface area contributed by atoms with Gasteiger partial charge < -0.3 is 9.15 Å². The fourth-order valence-corrected chi connectivity index (χ4v) is 3.92. The van der Waals surface area contributed by atoms with Crippen LogP contribution in [0.2, 0.25) is 0 Å². The zero-order valence-electron chi connectivity index (χ0n) is 16.6. The lowest BCUT2D eigenvalue weighted by Gasteiger charge is -2.16. The minimum Gasteiger partial charge on any atom is -0.497 e. The number of methoxy groups -OCH3 is 1. The van der Waals surface area contributed by atoms with Crippen molar-refractivity contribution in [3.63, 3.8) is 0 Å².